The summed E-state index contributed by atoms with van der Waals surface area (Å²) >= 11 is 0. The number of benzene rings is 1. The van der Waals surface area contributed by atoms with Crippen LogP contribution in [0.3, 0.4) is 0 Å². The van der Waals surface area contributed by atoms with Gasteiger partial charge in [0, 0.05) is 29.3 Å². The molecule has 5 heteroatoms. The van der Waals surface area contributed by atoms with Crippen molar-refractivity contribution in [2.75, 3.05) is 6.61 Å². The lowest BCUT2D eigenvalue weighted by Crippen LogP contribution is -2.16. The zero-order valence-electron chi connectivity index (χ0n) is 12.8. The lowest BCUT2D eigenvalue weighted by molar-refractivity contribution is -0.138. The van der Waals surface area contributed by atoms with Crippen LogP contribution < -0.4 is 5.73 Å². The number of carbonyl (C=O) groups excluding carboxylic acids is 1. The van der Waals surface area contributed by atoms with Crippen molar-refractivity contribution in [2.24, 2.45) is 10.7 Å². The van der Waals surface area contributed by atoms with E-state index >= 15 is 0 Å². The normalized spacial score (nSPS) is 13.4. The monoisotopic (exact) mass is 307 g/mol. The van der Waals surface area contributed by atoms with Gasteiger partial charge in [0.15, 0.2) is 0 Å². The van der Waals surface area contributed by atoms with Gasteiger partial charge in [-0.1, -0.05) is 18.2 Å². The molecule has 116 valence electrons. The Morgan fingerprint density at radius 3 is 2.91 bits per heavy atom. The number of pyridine rings is 1. The van der Waals surface area contributed by atoms with Gasteiger partial charge < -0.3 is 10.5 Å². The number of carbonyl (C=O) groups is 1. The van der Waals surface area contributed by atoms with E-state index in [1.165, 1.54) is 0 Å². The summed E-state index contributed by atoms with van der Waals surface area (Å²) in [5, 5.41) is 0. The van der Waals surface area contributed by atoms with Gasteiger partial charge in [-0.2, -0.15) is 0 Å². The van der Waals surface area contributed by atoms with E-state index in [2.05, 4.69) is 9.98 Å². The van der Waals surface area contributed by atoms with Crippen LogP contribution in [0, 0.1) is 0 Å². The van der Waals surface area contributed by atoms with Gasteiger partial charge in [-0.25, -0.2) is 9.79 Å². The number of aliphatic imine (C=N–C) groups is 1. The first-order valence-corrected chi connectivity index (χ1v) is 7.43. The fourth-order valence-corrected chi connectivity index (χ4v) is 2.44. The molecule has 1 aromatic carbocycles. The van der Waals surface area contributed by atoms with Crippen LogP contribution >= 0.6 is 0 Å². The van der Waals surface area contributed by atoms with Crippen molar-refractivity contribution >= 4 is 23.6 Å². The lowest BCUT2D eigenvalue weighted by Gasteiger charge is -2.05. The van der Waals surface area contributed by atoms with Crippen LogP contribution in [0.15, 0.2) is 53.2 Å². The maximum atomic E-state index is 12.0. The van der Waals surface area contributed by atoms with E-state index < -0.39 is 0 Å². The summed E-state index contributed by atoms with van der Waals surface area (Å²) in [6.45, 7) is 2.11. The number of hydrogen-bond acceptors (Lipinski definition) is 5. The standard InChI is InChI=1S/C18H17N3O2/c1-2-23-18(22)14-9-12-6-7-13(15-5-3-4-8-20-15)10-16(12)21-17(19)11-14/h3-10H,2,11H2,1H3,(H2,19,21). The van der Waals surface area contributed by atoms with Crippen LogP contribution in [-0.2, 0) is 9.53 Å². The Labute approximate surface area is 134 Å². The predicted molar refractivity (Wildman–Crippen MR) is 90.2 cm³/mol. The van der Waals surface area contributed by atoms with E-state index in [4.69, 9.17) is 10.5 Å². The molecule has 0 saturated heterocycles. The van der Waals surface area contributed by atoms with Gasteiger partial charge in [0.1, 0.15) is 5.84 Å². The first-order valence-electron chi connectivity index (χ1n) is 7.43. The molecule has 0 saturated carbocycles. The fourth-order valence-electron chi connectivity index (χ4n) is 2.44. The van der Waals surface area contributed by atoms with Crippen molar-refractivity contribution in [3.63, 3.8) is 0 Å². The Morgan fingerprint density at radius 2 is 2.17 bits per heavy atom. The molecular weight excluding hydrogens is 290 g/mol. The van der Waals surface area contributed by atoms with Gasteiger partial charge in [-0.05, 0) is 31.2 Å². The molecule has 3 rings (SSSR count). The number of esters is 1. The highest BCUT2D eigenvalue weighted by Crippen LogP contribution is 2.31. The van der Waals surface area contributed by atoms with Crippen molar-refractivity contribution in [3.8, 4) is 11.3 Å². The summed E-state index contributed by atoms with van der Waals surface area (Å²) in [6.07, 6.45) is 3.82. The van der Waals surface area contributed by atoms with E-state index in [1.54, 1.807) is 19.2 Å². The van der Waals surface area contributed by atoms with E-state index in [0.717, 1.165) is 22.5 Å². The summed E-state index contributed by atoms with van der Waals surface area (Å²) in [4.78, 5) is 20.7. The largest absolute Gasteiger partial charge is 0.463 e. The van der Waals surface area contributed by atoms with Crippen LogP contribution in [0.2, 0.25) is 0 Å². The average molecular weight is 307 g/mol. The molecule has 0 spiro atoms. The molecule has 2 heterocycles. The Bertz CT molecular complexity index is 795. The molecule has 0 fully saturated rings. The second-order valence-electron chi connectivity index (χ2n) is 5.16. The van der Waals surface area contributed by atoms with E-state index in [-0.39, 0.29) is 12.4 Å². The zero-order chi connectivity index (χ0) is 16.2. The van der Waals surface area contributed by atoms with Gasteiger partial charge in [-0.3, -0.25) is 4.98 Å². The maximum Gasteiger partial charge on any atom is 0.334 e. The summed E-state index contributed by atoms with van der Waals surface area (Å²) in [6, 6.07) is 11.5. The maximum absolute atomic E-state index is 12.0. The highest BCUT2D eigenvalue weighted by atomic mass is 16.5. The minimum atomic E-state index is -0.354. The van der Waals surface area contributed by atoms with Crippen LogP contribution in [0.1, 0.15) is 18.9 Å². The van der Waals surface area contributed by atoms with Crippen LogP contribution in [-0.4, -0.2) is 23.4 Å². The highest BCUT2D eigenvalue weighted by Gasteiger charge is 2.17. The molecule has 1 aliphatic rings. The van der Waals surface area contributed by atoms with Crippen LogP contribution in [0.4, 0.5) is 5.69 Å². The third-order valence-electron chi connectivity index (χ3n) is 3.49. The quantitative estimate of drug-likeness (QED) is 0.884. The van der Waals surface area contributed by atoms with Crippen molar-refractivity contribution in [1.29, 1.82) is 0 Å². The van der Waals surface area contributed by atoms with Gasteiger partial charge in [0.2, 0.25) is 0 Å². The Kier molecular flexibility index (Phi) is 4.19. The number of fused-ring (bicyclic) bond motifs is 1. The predicted octanol–water partition coefficient (Wildman–Crippen LogP) is 3.09. The van der Waals surface area contributed by atoms with Crippen LogP contribution in [0.5, 0.6) is 0 Å². The van der Waals surface area contributed by atoms with Crippen molar-refractivity contribution in [1.82, 2.24) is 4.98 Å². The highest BCUT2D eigenvalue weighted by molar-refractivity contribution is 6.03. The first kappa shape index (κ1) is 15.0. The van der Waals surface area contributed by atoms with Gasteiger partial charge in [0.25, 0.3) is 0 Å². The third-order valence-corrected chi connectivity index (χ3v) is 3.49. The van der Waals surface area contributed by atoms with E-state index in [1.807, 2.05) is 36.4 Å². The molecular formula is C18H17N3O2. The molecule has 1 aromatic heterocycles. The first-order chi connectivity index (χ1) is 11.2. The molecule has 5 nitrogen and oxygen atoms in total. The SMILES string of the molecule is CCOC(=O)C1=Cc2ccc(-c3ccccn3)cc2N=C(N)C1. The second kappa shape index (κ2) is 6.44. The topological polar surface area (TPSA) is 77.6 Å². The van der Waals surface area contributed by atoms with Crippen molar-refractivity contribution in [2.45, 2.75) is 13.3 Å². The fraction of sp³-hybridized carbons (Fsp3) is 0.167. The van der Waals surface area contributed by atoms with Gasteiger partial charge in [-0.15, -0.1) is 0 Å². The summed E-state index contributed by atoms with van der Waals surface area (Å²) in [5.74, 6) is 0.0357. The van der Waals surface area contributed by atoms with Gasteiger partial charge in [0.05, 0.1) is 18.0 Å². The number of aromatic nitrogens is 1. The van der Waals surface area contributed by atoms with Gasteiger partial charge >= 0.3 is 5.97 Å². The summed E-state index contributed by atoms with van der Waals surface area (Å²) in [7, 11) is 0. The lowest BCUT2D eigenvalue weighted by atomic mass is 10.0. The molecule has 23 heavy (non-hydrogen) atoms. The number of amidine groups is 1. The zero-order valence-corrected chi connectivity index (χ0v) is 12.8. The Balaban J connectivity index is 2.03. The van der Waals surface area contributed by atoms with Crippen molar-refractivity contribution < 1.29 is 9.53 Å². The summed E-state index contributed by atoms with van der Waals surface area (Å²) in [5.41, 5.74) is 9.84. The smallest absolute Gasteiger partial charge is 0.334 e. The molecule has 2 aromatic rings. The van der Waals surface area contributed by atoms with E-state index in [9.17, 15) is 4.79 Å². The molecule has 0 atom stereocenters. The van der Waals surface area contributed by atoms with E-state index in [0.29, 0.717) is 18.0 Å². The Hall–Kier alpha value is -2.95. The van der Waals surface area contributed by atoms with Crippen LogP contribution in [0.25, 0.3) is 17.3 Å². The number of rotatable bonds is 3. The molecule has 2 N–H and O–H groups in total. The number of nitrogens with zero attached hydrogens (tertiary/aromatic N) is 2. The third kappa shape index (κ3) is 3.29. The Morgan fingerprint density at radius 1 is 1.30 bits per heavy atom. The summed E-state index contributed by atoms with van der Waals surface area (Å²) < 4.78 is 5.07. The molecule has 0 unspecified atom stereocenters. The number of hydrogen-bond donors (Lipinski definition) is 1. The minimum Gasteiger partial charge on any atom is -0.463 e. The minimum absolute atomic E-state index is 0.284. The molecule has 0 aliphatic carbocycles. The molecule has 0 bridgehead atoms. The number of nitrogens with two attached hydrogens (primary N) is 1. The van der Waals surface area contributed by atoms with Crippen molar-refractivity contribution in [3.05, 3.63) is 53.7 Å². The average Bonchev–Trinajstić information content (AvgIpc) is 2.73. The molecule has 0 radical (unpaired) electrons. The second-order valence-corrected chi connectivity index (χ2v) is 5.16. The number of ether oxygens (including phenoxy) is 1. The molecule has 1 aliphatic heterocycles. The molecule has 0 amide bonds.